The zero-order chi connectivity index (χ0) is 37.3. The van der Waals surface area contributed by atoms with Gasteiger partial charge in [0.05, 0.1) is 11.4 Å². The first-order valence-corrected chi connectivity index (χ1v) is 21.7. The second-order valence-corrected chi connectivity index (χ2v) is 17.7. The number of fused-ring (bicyclic) bond motifs is 14. The third-order valence-corrected chi connectivity index (χ3v) is 15.2. The minimum Gasteiger partial charge on any atom is -0.311 e. The van der Waals surface area contributed by atoms with Crippen LogP contribution in [0.1, 0.15) is 86.5 Å². The average molecular weight is 733 g/mol. The maximum absolute atomic E-state index is 2.65. The van der Waals surface area contributed by atoms with Gasteiger partial charge in [0.2, 0.25) is 0 Å². The molecule has 2 aliphatic heterocycles. The molecule has 0 radical (unpaired) electrons. The summed E-state index contributed by atoms with van der Waals surface area (Å²) in [6.07, 6.45) is 12.8. The molecular formula is C54H45BN2. The molecule has 7 aromatic rings. The third-order valence-electron chi connectivity index (χ3n) is 15.2. The summed E-state index contributed by atoms with van der Waals surface area (Å²) < 4.78 is 0. The van der Waals surface area contributed by atoms with Crippen molar-refractivity contribution < 1.29 is 0 Å². The highest BCUT2D eigenvalue weighted by Crippen LogP contribution is 2.61. The van der Waals surface area contributed by atoms with E-state index in [0.29, 0.717) is 0 Å². The molecule has 2 fully saturated rings. The molecule has 3 heteroatoms. The molecule has 6 aliphatic rings. The van der Waals surface area contributed by atoms with E-state index in [0.717, 1.165) is 0 Å². The minimum atomic E-state index is 0.101. The Kier molecular flexibility index (Phi) is 6.73. The summed E-state index contributed by atoms with van der Waals surface area (Å²) in [4.78, 5) is 5.30. The van der Waals surface area contributed by atoms with Crippen molar-refractivity contribution in [1.82, 2.24) is 0 Å². The van der Waals surface area contributed by atoms with Crippen LogP contribution in [0.5, 0.6) is 0 Å². The van der Waals surface area contributed by atoms with E-state index >= 15 is 0 Å². The fraction of sp³-hybridized carbons (Fsp3) is 0.222. The lowest BCUT2D eigenvalue weighted by Gasteiger charge is -2.45. The summed E-state index contributed by atoms with van der Waals surface area (Å²) in [5.41, 5.74) is 24.0. The lowest BCUT2D eigenvalue weighted by Crippen LogP contribution is -2.61. The highest BCUT2D eigenvalue weighted by molar-refractivity contribution is 7.00. The molecule has 2 nitrogen and oxygen atoms in total. The van der Waals surface area contributed by atoms with Crippen LogP contribution >= 0.6 is 0 Å². The summed E-state index contributed by atoms with van der Waals surface area (Å²) in [6.45, 7) is 0.124. The Morgan fingerprint density at radius 3 is 1.19 bits per heavy atom. The van der Waals surface area contributed by atoms with Crippen molar-refractivity contribution in [3.8, 4) is 22.3 Å². The van der Waals surface area contributed by atoms with Crippen molar-refractivity contribution in [2.75, 3.05) is 9.80 Å². The molecule has 4 aliphatic carbocycles. The standard InChI is InChI=1S/C54H45BN2/c1-11-32-53(33-12-1)38-20-5-3-18-36(38)50-40(53)22-15-28-46(50)56-44-26-9-7-24-42(44)55-43-25-8-10-27-45(43)57(49-31-17-30-48(56)52(49)55)47-29-16-23-41-51(47)37-19-4-6-21-39(37)54(41)34-13-2-14-35-54/h3-10,15-31H,1-2,11-14,32-35H2. The quantitative estimate of drug-likeness (QED) is 0.163. The van der Waals surface area contributed by atoms with Crippen molar-refractivity contribution in [3.63, 3.8) is 0 Å². The molecule has 0 amide bonds. The summed E-state index contributed by atoms with van der Waals surface area (Å²) in [7, 11) is 0. The van der Waals surface area contributed by atoms with E-state index in [9.17, 15) is 0 Å². The summed E-state index contributed by atoms with van der Waals surface area (Å²) in [5, 5.41) is 0. The topological polar surface area (TPSA) is 6.48 Å². The zero-order valence-corrected chi connectivity index (χ0v) is 32.5. The van der Waals surface area contributed by atoms with Crippen LogP contribution in [0.3, 0.4) is 0 Å². The normalized spacial score (nSPS) is 18.4. The van der Waals surface area contributed by atoms with Crippen molar-refractivity contribution in [2.24, 2.45) is 0 Å². The molecule has 2 spiro atoms. The molecule has 274 valence electrons. The van der Waals surface area contributed by atoms with Gasteiger partial charge in [0.15, 0.2) is 0 Å². The van der Waals surface area contributed by atoms with Gasteiger partial charge >= 0.3 is 0 Å². The van der Waals surface area contributed by atoms with Gasteiger partial charge in [0, 0.05) is 44.7 Å². The van der Waals surface area contributed by atoms with Gasteiger partial charge in [-0.2, -0.15) is 0 Å². The van der Waals surface area contributed by atoms with Gasteiger partial charge < -0.3 is 9.80 Å². The maximum atomic E-state index is 2.65. The zero-order valence-electron chi connectivity index (χ0n) is 32.5. The van der Waals surface area contributed by atoms with E-state index in [4.69, 9.17) is 0 Å². The molecule has 2 heterocycles. The summed E-state index contributed by atoms with van der Waals surface area (Å²) >= 11 is 0. The van der Waals surface area contributed by atoms with Gasteiger partial charge in [-0.3, -0.25) is 0 Å². The van der Waals surface area contributed by atoms with Gasteiger partial charge in [-0.1, -0.05) is 154 Å². The Labute approximate surface area is 336 Å². The third kappa shape index (κ3) is 4.12. The van der Waals surface area contributed by atoms with Crippen LogP contribution in [0.2, 0.25) is 0 Å². The molecule has 0 saturated heterocycles. The molecule has 2 saturated carbocycles. The Morgan fingerprint density at radius 1 is 0.333 bits per heavy atom. The molecule has 0 aromatic heterocycles. The van der Waals surface area contributed by atoms with Gasteiger partial charge in [-0.05, 0) is 112 Å². The van der Waals surface area contributed by atoms with Crippen molar-refractivity contribution >= 4 is 57.2 Å². The Hall–Kier alpha value is -5.80. The van der Waals surface area contributed by atoms with Gasteiger partial charge in [0.25, 0.3) is 6.71 Å². The number of anilines is 6. The van der Waals surface area contributed by atoms with Crippen LogP contribution in [0.4, 0.5) is 34.1 Å². The second kappa shape index (κ2) is 11.9. The molecular weight excluding hydrogens is 687 g/mol. The van der Waals surface area contributed by atoms with Crippen LogP contribution in [0.25, 0.3) is 22.3 Å². The van der Waals surface area contributed by atoms with E-state index in [2.05, 4.69) is 161 Å². The smallest absolute Gasteiger partial charge is 0.252 e. The molecule has 7 aromatic carbocycles. The average Bonchev–Trinajstić information content (AvgIpc) is 3.70. The number of benzene rings is 7. The van der Waals surface area contributed by atoms with E-state index in [1.165, 1.54) is 148 Å². The first-order valence-electron chi connectivity index (χ1n) is 21.7. The van der Waals surface area contributed by atoms with Gasteiger partial charge in [0.1, 0.15) is 0 Å². The molecule has 13 rings (SSSR count). The van der Waals surface area contributed by atoms with E-state index in [1.54, 1.807) is 11.1 Å². The minimum absolute atomic E-state index is 0.101. The van der Waals surface area contributed by atoms with Crippen LogP contribution in [0.15, 0.2) is 152 Å². The van der Waals surface area contributed by atoms with Crippen LogP contribution in [0, 0.1) is 0 Å². The Balaban J connectivity index is 1.08. The van der Waals surface area contributed by atoms with Crippen molar-refractivity contribution in [2.45, 2.75) is 75.0 Å². The first-order chi connectivity index (χ1) is 28.3. The number of para-hydroxylation sites is 2. The molecule has 0 bridgehead atoms. The SMILES string of the molecule is c1ccc2c(c1)B1c3ccccc3N(c3cccc4c3-c3ccccc3C43CCCCC3)c3cccc(c31)N2c1cccc2c1-c1ccccc1C21CCCCC1. The number of hydrogen-bond donors (Lipinski definition) is 0. The second-order valence-electron chi connectivity index (χ2n) is 17.7. The summed E-state index contributed by atoms with van der Waals surface area (Å²) in [5.74, 6) is 0. The van der Waals surface area contributed by atoms with Crippen LogP contribution < -0.4 is 26.2 Å². The molecule has 0 atom stereocenters. The lowest BCUT2D eigenvalue weighted by atomic mass is 9.33. The molecule has 0 N–H and O–H groups in total. The summed E-state index contributed by atoms with van der Waals surface area (Å²) in [6, 6.07) is 58.9. The fourth-order valence-corrected chi connectivity index (χ4v) is 13.1. The van der Waals surface area contributed by atoms with Crippen LogP contribution in [-0.2, 0) is 10.8 Å². The highest BCUT2D eigenvalue weighted by atomic mass is 15.2. The fourth-order valence-electron chi connectivity index (χ4n) is 13.1. The predicted octanol–water partition coefficient (Wildman–Crippen LogP) is 12.2. The molecule has 57 heavy (non-hydrogen) atoms. The van der Waals surface area contributed by atoms with E-state index in [1.807, 2.05) is 0 Å². The predicted molar refractivity (Wildman–Crippen MR) is 239 cm³/mol. The largest absolute Gasteiger partial charge is 0.311 e. The number of rotatable bonds is 2. The first kappa shape index (κ1) is 32.3. The number of hydrogen-bond acceptors (Lipinski definition) is 2. The van der Waals surface area contributed by atoms with Gasteiger partial charge in [-0.25, -0.2) is 0 Å². The maximum Gasteiger partial charge on any atom is 0.252 e. The van der Waals surface area contributed by atoms with Crippen molar-refractivity contribution in [3.05, 3.63) is 174 Å². The monoisotopic (exact) mass is 732 g/mol. The Morgan fingerprint density at radius 2 is 0.702 bits per heavy atom. The Bertz CT molecular complexity index is 2620. The van der Waals surface area contributed by atoms with Crippen molar-refractivity contribution in [1.29, 1.82) is 0 Å². The van der Waals surface area contributed by atoms with E-state index in [-0.39, 0.29) is 17.5 Å². The highest BCUT2D eigenvalue weighted by Gasteiger charge is 2.49. The number of nitrogens with zero attached hydrogens (tertiary/aromatic N) is 2. The van der Waals surface area contributed by atoms with E-state index < -0.39 is 0 Å². The van der Waals surface area contributed by atoms with Gasteiger partial charge in [-0.15, -0.1) is 0 Å². The van der Waals surface area contributed by atoms with Crippen LogP contribution in [-0.4, -0.2) is 6.71 Å². The molecule has 0 unspecified atom stereocenters. The lowest BCUT2D eigenvalue weighted by molar-refractivity contribution is 0.353.